The average molecular weight is 329 g/mol. The van der Waals surface area contributed by atoms with E-state index >= 15 is 0 Å². The van der Waals surface area contributed by atoms with Crippen LogP contribution in [0.1, 0.15) is 51.1 Å². The van der Waals surface area contributed by atoms with E-state index in [1.54, 1.807) is 0 Å². The summed E-state index contributed by atoms with van der Waals surface area (Å²) in [6, 6.07) is 6.25. The number of piperazine rings is 1. The first kappa shape index (κ1) is 17.0. The van der Waals surface area contributed by atoms with E-state index in [4.69, 9.17) is 4.52 Å². The highest BCUT2D eigenvalue weighted by Crippen LogP contribution is 2.24. The summed E-state index contributed by atoms with van der Waals surface area (Å²) in [6.07, 6.45) is 1.86. The SMILES string of the molecule is C[C@H](c1nc(C(C)(C)C)no1)N1CCN(Cc2ccccn2)CC1. The van der Waals surface area contributed by atoms with Crippen molar-refractivity contribution in [2.75, 3.05) is 26.2 Å². The monoisotopic (exact) mass is 329 g/mol. The first-order chi connectivity index (χ1) is 11.4. The van der Waals surface area contributed by atoms with Gasteiger partial charge in [-0.15, -0.1) is 0 Å². The molecular formula is C18H27N5O. The van der Waals surface area contributed by atoms with E-state index in [0.717, 1.165) is 50.1 Å². The van der Waals surface area contributed by atoms with Crippen molar-refractivity contribution in [2.45, 2.75) is 45.7 Å². The van der Waals surface area contributed by atoms with Gasteiger partial charge >= 0.3 is 0 Å². The largest absolute Gasteiger partial charge is 0.338 e. The zero-order valence-corrected chi connectivity index (χ0v) is 15.1. The molecule has 0 radical (unpaired) electrons. The third-order valence-corrected chi connectivity index (χ3v) is 4.54. The molecule has 0 saturated carbocycles. The van der Waals surface area contributed by atoms with Gasteiger partial charge in [-0.2, -0.15) is 4.98 Å². The van der Waals surface area contributed by atoms with Crippen LogP contribution in [0.4, 0.5) is 0 Å². The first-order valence-corrected chi connectivity index (χ1v) is 8.64. The Bertz CT molecular complexity index is 641. The second-order valence-corrected chi connectivity index (χ2v) is 7.52. The Kier molecular flexibility index (Phi) is 4.96. The molecule has 0 amide bonds. The van der Waals surface area contributed by atoms with Gasteiger partial charge < -0.3 is 4.52 Å². The molecule has 6 heteroatoms. The molecule has 0 unspecified atom stereocenters. The summed E-state index contributed by atoms with van der Waals surface area (Å²) >= 11 is 0. The van der Waals surface area contributed by atoms with Gasteiger partial charge in [0.25, 0.3) is 0 Å². The summed E-state index contributed by atoms with van der Waals surface area (Å²) in [6.45, 7) is 13.4. The minimum atomic E-state index is -0.0805. The fraction of sp³-hybridized carbons (Fsp3) is 0.611. The van der Waals surface area contributed by atoms with Gasteiger partial charge in [-0.25, -0.2) is 0 Å². The zero-order chi connectivity index (χ0) is 17.2. The number of hydrogen-bond donors (Lipinski definition) is 0. The molecule has 0 aliphatic carbocycles. The summed E-state index contributed by atoms with van der Waals surface area (Å²) in [5, 5.41) is 4.14. The molecule has 1 atom stereocenters. The maximum atomic E-state index is 5.50. The summed E-state index contributed by atoms with van der Waals surface area (Å²) in [5.74, 6) is 1.50. The van der Waals surface area contributed by atoms with E-state index < -0.39 is 0 Å². The maximum Gasteiger partial charge on any atom is 0.243 e. The highest BCUT2D eigenvalue weighted by Gasteiger charge is 2.28. The van der Waals surface area contributed by atoms with Crippen molar-refractivity contribution in [3.63, 3.8) is 0 Å². The van der Waals surface area contributed by atoms with Gasteiger partial charge in [-0.1, -0.05) is 32.0 Å². The molecule has 6 nitrogen and oxygen atoms in total. The van der Waals surface area contributed by atoms with Crippen molar-refractivity contribution >= 4 is 0 Å². The molecule has 1 fully saturated rings. The van der Waals surface area contributed by atoms with Crippen LogP contribution in [0.5, 0.6) is 0 Å². The number of hydrogen-bond acceptors (Lipinski definition) is 6. The van der Waals surface area contributed by atoms with Gasteiger partial charge in [-0.3, -0.25) is 14.8 Å². The molecule has 130 valence electrons. The van der Waals surface area contributed by atoms with Crippen molar-refractivity contribution < 1.29 is 4.52 Å². The lowest BCUT2D eigenvalue weighted by atomic mass is 9.96. The minimum Gasteiger partial charge on any atom is -0.338 e. The Morgan fingerprint density at radius 1 is 1.17 bits per heavy atom. The second-order valence-electron chi connectivity index (χ2n) is 7.52. The Morgan fingerprint density at radius 2 is 1.92 bits per heavy atom. The minimum absolute atomic E-state index is 0.0805. The number of pyridine rings is 1. The average Bonchev–Trinajstić information content (AvgIpc) is 3.06. The molecule has 3 rings (SSSR count). The van der Waals surface area contributed by atoms with E-state index in [1.807, 2.05) is 18.3 Å². The molecule has 1 saturated heterocycles. The van der Waals surface area contributed by atoms with Crippen LogP contribution in [0, 0.1) is 0 Å². The van der Waals surface area contributed by atoms with E-state index in [1.165, 1.54) is 0 Å². The molecule has 1 aliphatic rings. The van der Waals surface area contributed by atoms with Gasteiger partial charge in [0.2, 0.25) is 5.89 Å². The molecule has 0 N–H and O–H groups in total. The molecule has 2 aromatic heterocycles. The number of aromatic nitrogens is 3. The third-order valence-electron chi connectivity index (χ3n) is 4.54. The van der Waals surface area contributed by atoms with Crippen LogP contribution in [0.15, 0.2) is 28.9 Å². The lowest BCUT2D eigenvalue weighted by Gasteiger charge is -2.36. The van der Waals surface area contributed by atoms with Crippen LogP contribution in [0.25, 0.3) is 0 Å². The predicted octanol–water partition coefficient (Wildman–Crippen LogP) is 2.64. The van der Waals surface area contributed by atoms with E-state index in [-0.39, 0.29) is 11.5 Å². The Morgan fingerprint density at radius 3 is 2.50 bits per heavy atom. The van der Waals surface area contributed by atoms with E-state index in [2.05, 4.69) is 58.7 Å². The van der Waals surface area contributed by atoms with Crippen LogP contribution in [-0.4, -0.2) is 51.1 Å². The number of rotatable bonds is 4. The van der Waals surface area contributed by atoms with E-state index in [0.29, 0.717) is 0 Å². The highest BCUT2D eigenvalue weighted by atomic mass is 16.5. The maximum absolute atomic E-state index is 5.50. The molecule has 24 heavy (non-hydrogen) atoms. The first-order valence-electron chi connectivity index (χ1n) is 8.64. The standard InChI is InChI=1S/C18H27N5O/c1-14(16-20-17(21-24-16)18(2,3)4)23-11-9-22(10-12-23)13-15-7-5-6-8-19-15/h5-8,14H,9-13H2,1-4H3/t14-/m1/s1. The van der Waals surface area contributed by atoms with Crippen molar-refractivity contribution in [1.82, 2.24) is 24.9 Å². The Hall–Kier alpha value is -1.79. The summed E-state index contributed by atoms with van der Waals surface area (Å²) in [7, 11) is 0. The Labute approximate surface area is 143 Å². The molecule has 0 aromatic carbocycles. The van der Waals surface area contributed by atoms with Gasteiger partial charge in [-0.05, 0) is 19.1 Å². The lowest BCUT2D eigenvalue weighted by Crippen LogP contribution is -2.46. The van der Waals surface area contributed by atoms with Crippen molar-refractivity contribution in [3.05, 3.63) is 41.8 Å². The van der Waals surface area contributed by atoms with Gasteiger partial charge in [0, 0.05) is 44.3 Å². The molecular weight excluding hydrogens is 302 g/mol. The predicted molar refractivity (Wildman–Crippen MR) is 92.5 cm³/mol. The van der Waals surface area contributed by atoms with Crippen LogP contribution >= 0.6 is 0 Å². The normalized spacial score (nSPS) is 18.7. The summed E-state index contributed by atoms with van der Waals surface area (Å²) < 4.78 is 5.50. The van der Waals surface area contributed by atoms with Crippen molar-refractivity contribution in [1.29, 1.82) is 0 Å². The summed E-state index contributed by atoms with van der Waals surface area (Å²) in [5.41, 5.74) is 1.05. The molecule has 2 aromatic rings. The van der Waals surface area contributed by atoms with Crippen LogP contribution < -0.4 is 0 Å². The fourth-order valence-corrected chi connectivity index (χ4v) is 2.90. The van der Waals surface area contributed by atoms with Crippen molar-refractivity contribution in [3.8, 4) is 0 Å². The zero-order valence-electron chi connectivity index (χ0n) is 15.1. The quantitative estimate of drug-likeness (QED) is 0.859. The third kappa shape index (κ3) is 3.99. The second kappa shape index (κ2) is 6.99. The van der Waals surface area contributed by atoms with Crippen LogP contribution in [0.2, 0.25) is 0 Å². The Balaban J connectivity index is 1.55. The fourth-order valence-electron chi connectivity index (χ4n) is 2.90. The van der Waals surface area contributed by atoms with Crippen molar-refractivity contribution in [2.24, 2.45) is 0 Å². The lowest BCUT2D eigenvalue weighted by molar-refractivity contribution is 0.0838. The molecule has 0 spiro atoms. The van der Waals surface area contributed by atoms with Gasteiger partial charge in [0.05, 0.1) is 11.7 Å². The van der Waals surface area contributed by atoms with Gasteiger partial charge in [0.1, 0.15) is 0 Å². The van der Waals surface area contributed by atoms with Crippen LogP contribution in [-0.2, 0) is 12.0 Å². The topological polar surface area (TPSA) is 58.3 Å². The molecule has 1 aliphatic heterocycles. The van der Waals surface area contributed by atoms with Gasteiger partial charge in [0.15, 0.2) is 5.82 Å². The van der Waals surface area contributed by atoms with Crippen LogP contribution in [0.3, 0.4) is 0 Å². The molecule has 3 heterocycles. The molecule has 0 bridgehead atoms. The van der Waals surface area contributed by atoms with E-state index in [9.17, 15) is 0 Å². The highest BCUT2D eigenvalue weighted by molar-refractivity contribution is 5.04. The smallest absolute Gasteiger partial charge is 0.243 e. The summed E-state index contributed by atoms with van der Waals surface area (Å²) in [4.78, 5) is 13.9. The number of nitrogens with zero attached hydrogens (tertiary/aromatic N) is 5.